The lowest BCUT2D eigenvalue weighted by atomic mass is 9.84. The van der Waals surface area contributed by atoms with E-state index in [9.17, 15) is 4.79 Å². The molecule has 2 aliphatic carbocycles. The van der Waals surface area contributed by atoms with Crippen molar-refractivity contribution in [1.29, 1.82) is 0 Å². The van der Waals surface area contributed by atoms with Gasteiger partial charge in [0.25, 0.3) is 5.91 Å². The van der Waals surface area contributed by atoms with Crippen LogP contribution in [0, 0.1) is 17.8 Å². The number of benzene rings is 1. The van der Waals surface area contributed by atoms with Crippen LogP contribution in [-0.4, -0.2) is 16.9 Å². The van der Waals surface area contributed by atoms with Crippen molar-refractivity contribution in [1.82, 2.24) is 10.3 Å². The highest BCUT2D eigenvalue weighted by molar-refractivity contribution is 5.98. The first-order valence-electron chi connectivity index (χ1n) is 8.09. The molecule has 1 aromatic carbocycles. The summed E-state index contributed by atoms with van der Waals surface area (Å²) in [6, 6.07) is 10.2. The van der Waals surface area contributed by atoms with Crippen LogP contribution in [0.15, 0.2) is 30.3 Å². The molecule has 4 atom stereocenters. The number of carbonyl (C=O) groups is 1. The van der Waals surface area contributed by atoms with Crippen molar-refractivity contribution >= 4 is 16.8 Å². The summed E-state index contributed by atoms with van der Waals surface area (Å²) in [6.07, 6.45) is 5.46. The topological polar surface area (TPSA) is 44.9 Å². The Morgan fingerprint density at radius 1 is 1.29 bits per heavy atom. The number of hydrogen-bond donors (Lipinski definition) is 2. The van der Waals surface area contributed by atoms with Crippen LogP contribution in [-0.2, 0) is 0 Å². The molecule has 1 heterocycles. The van der Waals surface area contributed by atoms with Crippen molar-refractivity contribution in [2.24, 2.45) is 17.8 Å². The van der Waals surface area contributed by atoms with Gasteiger partial charge in [-0.05, 0) is 56.1 Å². The van der Waals surface area contributed by atoms with E-state index >= 15 is 0 Å². The van der Waals surface area contributed by atoms with Crippen LogP contribution in [0.1, 0.15) is 43.1 Å². The molecule has 2 bridgehead atoms. The first-order chi connectivity index (χ1) is 10.2. The van der Waals surface area contributed by atoms with Gasteiger partial charge in [0.2, 0.25) is 0 Å². The van der Waals surface area contributed by atoms with E-state index in [4.69, 9.17) is 0 Å². The SMILES string of the molecule is C[C@H](NC(=O)c1cc2ccccc2[nH]1)[C@H]1C[C@H]2CC[C@H]1C2. The maximum absolute atomic E-state index is 12.4. The molecule has 0 spiro atoms. The molecule has 1 aromatic heterocycles. The van der Waals surface area contributed by atoms with E-state index in [0.29, 0.717) is 11.6 Å². The van der Waals surface area contributed by atoms with Crippen molar-refractivity contribution in [3.63, 3.8) is 0 Å². The Hall–Kier alpha value is -1.77. The molecule has 2 fully saturated rings. The highest BCUT2D eigenvalue weighted by Gasteiger charge is 2.42. The molecule has 1 amide bonds. The Morgan fingerprint density at radius 2 is 2.14 bits per heavy atom. The predicted molar refractivity (Wildman–Crippen MR) is 84.2 cm³/mol. The second-order valence-corrected chi connectivity index (χ2v) is 6.87. The summed E-state index contributed by atoms with van der Waals surface area (Å²) >= 11 is 0. The van der Waals surface area contributed by atoms with E-state index in [1.165, 1.54) is 25.7 Å². The van der Waals surface area contributed by atoms with E-state index in [2.05, 4.69) is 17.2 Å². The standard InChI is InChI=1S/C18H22N2O/c1-11(15-9-12-6-7-13(15)8-12)19-18(21)17-10-14-4-2-3-5-16(14)20-17/h2-5,10-13,15,20H,6-9H2,1H3,(H,19,21)/t11-,12-,13-,15+/m0/s1. The monoisotopic (exact) mass is 282 g/mol. The molecule has 0 aliphatic heterocycles. The largest absolute Gasteiger partial charge is 0.351 e. The van der Waals surface area contributed by atoms with Gasteiger partial charge in [-0.2, -0.15) is 0 Å². The highest BCUT2D eigenvalue weighted by atomic mass is 16.1. The average molecular weight is 282 g/mol. The molecule has 2 aromatic rings. The Morgan fingerprint density at radius 3 is 2.86 bits per heavy atom. The van der Waals surface area contributed by atoms with Crippen LogP contribution in [0.4, 0.5) is 0 Å². The van der Waals surface area contributed by atoms with Crippen molar-refractivity contribution < 1.29 is 4.79 Å². The van der Waals surface area contributed by atoms with Gasteiger partial charge in [-0.3, -0.25) is 4.79 Å². The zero-order valence-corrected chi connectivity index (χ0v) is 12.4. The first-order valence-corrected chi connectivity index (χ1v) is 8.09. The first kappa shape index (κ1) is 12.9. The molecule has 2 aliphatic rings. The Bertz CT molecular complexity index is 642. The fourth-order valence-corrected chi connectivity index (χ4v) is 4.49. The number of H-pyrrole nitrogens is 1. The highest BCUT2D eigenvalue weighted by Crippen LogP contribution is 2.49. The van der Waals surface area contributed by atoms with Gasteiger partial charge in [0.1, 0.15) is 5.69 Å². The summed E-state index contributed by atoms with van der Waals surface area (Å²) in [4.78, 5) is 15.7. The van der Waals surface area contributed by atoms with Crippen LogP contribution >= 0.6 is 0 Å². The van der Waals surface area contributed by atoms with E-state index in [1.807, 2.05) is 30.3 Å². The van der Waals surface area contributed by atoms with E-state index in [1.54, 1.807) is 0 Å². The minimum absolute atomic E-state index is 0.0291. The van der Waals surface area contributed by atoms with Gasteiger partial charge in [-0.15, -0.1) is 0 Å². The number of rotatable bonds is 3. The van der Waals surface area contributed by atoms with Gasteiger partial charge in [0, 0.05) is 16.9 Å². The van der Waals surface area contributed by atoms with Crippen molar-refractivity contribution in [2.45, 2.75) is 38.6 Å². The zero-order valence-electron chi connectivity index (χ0n) is 12.4. The summed E-state index contributed by atoms with van der Waals surface area (Å²) in [5.41, 5.74) is 1.70. The van der Waals surface area contributed by atoms with E-state index in [0.717, 1.165) is 22.7 Å². The van der Waals surface area contributed by atoms with Crippen molar-refractivity contribution in [3.8, 4) is 0 Å². The number of nitrogens with one attached hydrogen (secondary N) is 2. The van der Waals surface area contributed by atoms with Gasteiger partial charge in [-0.1, -0.05) is 24.6 Å². The molecule has 0 unspecified atom stereocenters. The number of para-hydroxylation sites is 1. The second-order valence-electron chi connectivity index (χ2n) is 6.87. The number of aromatic nitrogens is 1. The van der Waals surface area contributed by atoms with Crippen LogP contribution in [0.5, 0.6) is 0 Å². The van der Waals surface area contributed by atoms with Crippen molar-refractivity contribution in [2.75, 3.05) is 0 Å². The lowest BCUT2D eigenvalue weighted by Gasteiger charge is -2.28. The zero-order chi connectivity index (χ0) is 14.4. The van der Waals surface area contributed by atoms with Crippen LogP contribution in [0.2, 0.25) is 0 Å². The normalized spacial score (nSPS) is 28.9. The number of carbonyl (C=O) groups excluding carboxylic acids is 1. The van der Waals surface area contributed by atoms with Gasteiger partial charge < -0.3 is 10.3 Å². The summed E-state index contributed by atoms with van der Waals surface area (Å²) in [7, 11) is 0. The predicted octanol–water partition coefficient (Wildman–Crippen LogP) is 3.72. The van der Waals surface area contributed by atoms with E-state index < -0.39 is 0 Å². The smallest absolute Gasteiger partial charge is 0.267 e. The molecule has 2 N–H and O–H groups in total. The summed E-state index contributed by atoms with van der Waals surface area (Å²) in [5.74, 6) is 2.47. The second kappa shape index (κ2) is 4.90. The van der Waals surface area contributed by atoms with Crippen LogP contribution in [0.25, 0.3) is 10.9 Å². The summed E-state index contributed by atoms with van der Waals surface area (Å²) in [5, 5.41) is 4.31. The molecule has 4 rings (SSSR count). The Labute approximate surface area is 125 Å². The average Bonchev–Trinajstić information content (AvgIpc) is 3.21. The molecular weight excluding hydrogens is 260 g/mol. The molecule has 3 nitrogen and oxygen atoms in total. The molecule has 0 radical (unpaired) electrons. The third kappa shape index (κ3) is 2.25. The molecule has 0 saturated heterocycles. The minimum atomic E-state index is 0.0291. The number of aromatic amines is 1. The van der Waals surface area contributed by atoms with Gasteiger partial charge in [0.15, 0.2) is 0 Å². The summed E-state index contributed by atoms with van der Waals surface area (Å²) < 4.78 is 0. The Balaban J connectivity index is 1.47. The molecule has 2 saturated carbocycles. The molecule has 110 valence electrons. The van der Waals surface area contributed by atoms with Crippen LogP contribution < -0.4 is 5.32 Å². The number of amides is 1. The fraction of sp³-hybridized carbons (Fsp3) is 0.500. The lowest BCUT2D eigenvalue weighted by molar-refractivity contribution is 0.0911. The number of hydrogen-bond acceptors (Lipinski definition) is 1. The number of fused-ring (bicyclic) bond motifs is 3. The molecule has 21 heavy (non-hydrogen) atoms. The third-order valence-corrected chi connectivity index (χ3v) is 5.57. The van der Waals surface area contributed by atoms with Gasteiger partial charge in [0.05, 0.1) is 0 Å². The maximum atomic E-state index is 12.4. The van der Waals surface area contributed by atoms with Gasteiger partial charge >= 0.3 is 0 Å². The quantitative estimate of drug-likeness (QED) is 0.885. The van der Waals surface area contributed by atoms with E-state index in [-0.39, 0.29) is 11.9 Å². The maximum Gasteiger partial charge on any atom is 0.267 e. The fourth-order valence-electron chi connectivity index (χ4n) is 4.49. The van der Waals surface area contributed by atoms with Crippen LogP contribution in [0.3, 0.4) is 0 Å². The third-order valence-electron chi connectivity index (χ3n) is 5.57. The van der Waals surface area contributed by atoms with Crippen molar-refractivity contribution in [3.05, 3.63) is 36.0 Å². The van der Waals surface area contributed by atoms with Gasteiger partial charge in [-0.25, -0.2) is 0 Å². The minimum Gasteiger partial charge on any atom is -0.351 e. The Kier molecular flexibility index (Phi) is 3.02. The molecular formula is C18H22N2O. The molecule has 3 heteroatoms. The lowest BCUT2D eigenvalue weighted by Crippen LogP contribution is -2.40. The summed E-state index contributed by atoms with van der Waals surface area (Å²) in [6.45, 7) is 2.17.